The number of carbonyl (C=O) groups is 2. The zero-order chi connectivity index (χ0) is 13.7. The van der Waals surface area contributed by atoms with Gasteiger partial charge in [-0.25, -0.2) is 4.79 Å². The van der Waals surface area contributed by atoms with Crippen molar-refractivity contribution >= 4 is 12.0 Å². The van der Waals surface area contributed by atoms with Crippen molar-refractivity contribution in [3.05, 3.63) is 35.4 Å². The minimum absolute atomic E-state index is 0.350. The molecule has 1 heterocycles. The quantitative estimate of drug-likeness (QED) is 0.801. The molecule has 4 heteroatoms. The van der Waals surface area contributed by atoms with Crippen LogP contribution in [-0.2, 0) is 22.4 Å². The second-order valence-corrected chi connectivity index (χ2v) is 4.86. The van der Waals surface area contributed by atoms with Gasteiger partial charge in [-0.05, 0) is 24.0 Å². The van der Waals surface area contributed by atoms with Gasteiger partial charge in [0.1, 0.15) is 0 Å². The van der Waals surface area contributed by atoms with Crippen LogP contribution < -0.4 is 5.32 Å². The molecule has 1 saturated heterocycles. The van der Waals surface area contributed by atoms with Gasteiger partial charge >= 0.3 is 6.09 Å². The molecule has 1 fully saturated rings. The van der Waals surface area contributed by atoms with Gasteiger partial charge in [-0.15, -0.1) is 0 Å². The molecule has 0 radical (unpaired) electrons. The first-order chi connectivity index (χ1) is 9.19. The number of unbranched alkanes of at least 4 members (excludes halogenated alkanes) is 2. The van der Waals surface area contributed by atoms with E-state index in [-0.39, 0.29) is 5.91 Å². The SMILES string of the molecule is CCCCCc1ccc(CC2OC(=O)NC2=O)cc1. The van der Waals surface area contributed by atoms with Gasteiger partial charge in [0.05, 0.1) is 0 Å². The lowest BCUT2D eigenvalue weighted by Gasteiger charge is -2.07. The number of cyclic esters (lactones) is 1. The highest BCUT2D eigenvalue weighted by molar-refractivity contribution is 6.00. The van der Waals surface area contributed by atoms with Crippen molar-refractivity contribution in [2.24, 2.45) is 0 Å². The highest BCUT2D eigenvalue weighted by Crippen LogP contribution is 2.13. The summed E-state index contributed by atoms with van der Waals surface area (Å²) < 4.78 is 4.89. The molecule has 0 bridgehead atoms. The number of nitrogens with one attached hydrogen (secondary N) is 1. The maximum atomic E-state index is 11.4. The Hall–Kier alpha value is -1.84. The molecule has 0 spiro atoms. The van der Waals surface area contributed by atoms with Crippen LogP contribution in [0.1, 0.15) is 37.3 Å². The maximum absolute atomic E-state index is 11.4. The van der Waals surface area contributed by atoms with Crippen molar-refractivity contribution in [1.29, 1.82) is 0 Å². The number of amides is 2. The predicted octanol–water partition coefficient (Wildman–Crippen LogP) is 2.60. The largest absolute Gasteiger partial charge is 0.435 e. The number of aryl methyl sites for hydroxylation is 1. The van der Waals surface area contributed by atoms with Crippen LogP contribution in [0.5, 0.6) is 0 Å². The summed E-state index contributed by atoms with van der Waals surface area (Å²) in [6.45, 7) is 2.19. The Labute approximate surface area is 113 Å². The van der Waals surface area contributed by atoms with Gasteiger partial charge in [0, 0.05) is 6.42 Å². The van der Waals surface area contributed by atoms with Gasteiger partial charge in [0.15, 0.2) is 6.10 Å². The van der Waals surface area contributed by atoms with E-state index in [1.807, 2.05) is 12.1 Å². The smallest absolute Gasteiger partial charge is 0.414 e. The second kappa shape index (κ2) is 6.36. The molecule has 1 atom stereocenters. The van der Waals surface area contributed by atoms with Crippen LogP contribution in [0.25, 0.3) is 0 Å². The molecule has 1 aromatic rings. The number of imide groups is 1. The molecule has 1 unspecified atom stereocenters. The highest BCUT2D eigenvalue weighted by atomic mass is 16.6. The highest BCUT2D eigenvalue weighted by Gasteiger charge is 2.31. The fraction of sp³-hybridized carbons (Fsp3) is 0.467. The number of hydrogen-bond acceptors (Lipinski definition) is 3. The number of carbonyl (C=O) groups excluding carboxylic acids is 2. The lowest BCUT2D eigenvalue weighted by atomic mass is 10.0. The molecule has 4 nitrogen and oxygen atoms in total. The Balaban J connectivity index is 1.88. The van der Waals surface area contributed by atoms with Gasteiger partial charge in [0.2, 0.25) is 0 Å². The van der Waals surface area contributed by atoms with E-state index in [1.54, 1.807) is 0 Å². The topological polar surface area (TPSA) is 55.4 Å². The van der Waals surface area contributed by atoms with Crippen LogP contribution in [0.4, 0.5) is 4.79 Å². The van der Waals surface area contributed by atoms with Gasteiger partial charge in [-0.3, -0.25) is 10.1 Å². The summed E-state index contributed by atoms with van der Waals surface area (Å²) in [5, 5.41) is 2.13. The number of hydrogen-bond donors (Lipinski definition) is 1. The van der Waals surface area contributed by atoms with E-state index in [2.05, 4.69) is 24.4 Å². The molecule has 2 rings (SSSR count). The Kier molecular flexibility index (Phi) is 4.55. The first-order valence-corrected chi connectivity index (χ1v) is 6.78. The molecule has 1 aliphatic rings. The Morgan fingerprint density at radius 2 is 1.79 bits per heavy atom. The summed E-state index contributed by atoms with van der Waals surface area (Å²) in [5.41, 5.74) is 2.32. The molecular formula is C15H19NO3. The second-order valence-electron chi connectivity index (χ2n) is 4.86. The average Bonchev–Trinajstić information content (AvgIpc) is 2.70. The summed E-state index contributed by atoms with van der Waals surface area (Å²) in [6, 6.07) is 8.17. The van der Waals surface area contributed by atoms with E-state index in [1.165, 1.54) is 24.8 Å². The molecular weight excluding hydrogens is 242 g/mol. The van der Waals surface area contributed by atoms with Gasteiger partial charge in [0.25, 0.3) is 5.91 Å². The van der Waals surface area contributed by atoms with E-state index >= 15 is 0 Å². The molecule has 0 saturated carbocycles. The van der Waals surface area contributed by atoms with Crippen molar-refractivity contribution < 1.29 is 14.3 Å². The van der Waals surface area contributed by atoms with E-state index in [9.17, 15) is 9.59 Å². The van der Waals surface area contributed by atoms with Crippen molar-refractivity contribution in [3.8, 4) is 0 Å². The molecule has 0 aromatic heterocycles. The normalized spacial score (nSPS) is 18.3. The number of rotatable bonds is 6. The predicted molar refractivity (Wildman–Crippen MR) is 71.8 cm³/mol. The molecule has 1 aliphatic heterocycles. The summed E-state index contributed by atoms with van der Waals surface area (Å²) in [7, 11) is 0. The molecule has 1 aromatic carbocycles. The Morgan fingerprint density at radius 1 is 1.11 bits per heavy atom. The van der Waals surface area contributed by atoms with Crippen LogP contribution in [0.2, 0.25) is 0 Å². The average molecular weight is 261 g/mol. The zero-order valence-corrected chi connectivity index (χ0v) is 11.1. The van der Waals surface area contributed by atoms with Crippen LogP contribution in [0, 0.1) is 0 Å². The molecule has 2 amide bonds. The molecule has 19 heavy (non-hydrogen) atoms. The third-order valence-corrected chi connectivity index (χ3v) is 3.28. The van der Waals surface area contributed by atoms with Crippen molar-refractivity contribution in [2.45, 2.75) is 45.1 Å². The van der Waals surface area contributed by atoms with Crippen molar-refractivity contribution in [3.63, 3.8) is 0 Å². The third kappa shape index (κ3) is 3.81. The lowest BCUT2D eigenvalue weighted by Crippen LogP contribution is -2.25. The molecule has 102 valence electrons. The minimum atomic E-state index is -0.682. The van der Waals surface area contributed by atoms with Gasteiger partial charge in [-0.1, -0.05) is 44.0 Å². The number of ether oxygens (including phenoxy) is 1. The van der Waals surface area contributed by atoms with Gasteiger partial charge < -0.3 is 4.74 Å². The monoisotopic (exact) mass is 261 g/mol. The molecule has 0 aliphatic carbocycles. The summed E-state index contributed by atoms with van der Waals surface area (Å²) in [6.07, 6.45) is 3.88. The fourth-order valence-electron chi connectivity index (χ4n) is 2.16. The van der Waals surface area contributed by atoms with E-state index < -0.39 is 12.2 Å². The Morgan fingerprint density at radius 3 is 2.37 bits per heavy atom. The summed E-state index contributed by atoms with van der Waals surface area (Å²) >= 11 is 0. The Bertz CT molecular complexity index is 453. The van der Waals surface area contributed by atoms with Crippen LogP contribution >= 0.6 is 0 Å². The molecule has 1 N–H and O–H groups in total. The first-order valence-electron chi connectivity index (χ1n) is 6.78. The summed E-state index contributed by atoms with van der Waals surface area (Å²) in [4.78, 5) is 22.3. The zero-order valence-electron chi connectivity index (χ0n) is 11.1. The lowest BCUT2D eigenvalue weighted by molar-refractivity contribution is -0.123. The van der Waals surface area contributed by atoms with Crippen LogP contribution in [0.3, 0.4) is 0 Å². The van der Waals surface area contributed by atoms with Crippen LogP contribution in [0.15, 0.2) is 24.3 Å². The summed E-state index contributed by atoms with van der Waals surface area (Å²) in [5.74, 6) is -0.350. The number of alkyl carbamates (subject to hydrolysis) is 1. The number of benzene rings is 1. The standard InChI is InChI=1S/C15H19NO3/c1-2-3-4-5-11-6-8-12(9-7-11)10-13-14(17)16-15(18)19-13/h6-9,13H,2-5,10H2,1H3,(H,16,17,18). The first kappa shape index (κ1) is 13.6. The van der Waals surface area contributed by atoms with Crippen LogP contribution in [-0.4, -0.2) is 18.1 Å². The van der Waals surface area contributed by atoms with E-state index in [0.29, 0.717) is 6.42 Å². The fourth-order valence-corrected chi connectivity index (χ4v) is 2.16. The third-order valence-electron chi connectivity index (χ3n) is 3.28. The minimum Gasteiger partial charge on any atom is -0.435 e. The van der Waals surface area contributed by atoms with E-state index in [4.69, 9.17) is 4.74 Å². The van der Waals surface area contributed by atoms with E-state index in [0.717, 1.165) is 12.0 Å². The maximum Gasteiger partial charge on any atom is 0.414 e. The van der Waals surface area contributed by atoms with Gasteiger partial charge in [-0.2, -0.15) is 0 Å². The van der Waals surface area contributed by atoms with Crippen molar-refractivity contribution in [1.82, 2.24) is 5.32 Å². The van der Waals surface area contributed by atoms with Crippen molar-refractivity contribution in [2.75, 3.05) is 0 Å².